The minimum absolute atomic E-state index is 0.0109. The number of hydrogen-bond donors (Lipinski definition) is 1. The van der Waals surface area contributed by atoms with Crippen LogP contribution in [-0.4, -0.2) is 17.5 Å². The summed E-state index contributed by atoms with van der Waals surface area (Å²) in [6.45, 7) is 6.67. The molecule has 1 N–H and O–H groups in total. The summed E-state index contributed by atoms with van der Waals surface area (Å²) in [6.07, 6.45) is 14.5. The number of carbonyl (C=O) groups is 1. The van der Waals surface area contributed by atoms with E-state index in [-0.39, 0.29) is 12.4 Å². The third-order valence-electron chi connectivity index (χ3n) is 4.43. The van der Waals surface area contributed by atoms with E-state index in [1.807, 2.05) is 0 Å². The van der Waals surface area contributed by atoms with Crippen molar-refractivity contribution in [1.82, 2.24) is 0 Å². The molecule has 0 rings (SSSR count). The van der Waals surface area contributed by atoms with E-state index in [4.69, 9.17) is 5.11 Å². The molecule has 20 heavy (non-hydrogen) atoms. The molecular weight excluding hydrogens is 248 g/mol. The molecule has 0 aliphatic heterocycles. The van der Waals surface area contributed by atoms with E-state index in [0.717, 1.165) is 12.8 Å². The highest BCUT2D eigenvalue weighted by Gasteiger charge is 2.22. The average Bonchev–Trinajstić information content (AvgIpc) is 2.46. The van der Waals surface area contributed by atoms with Gasteiger partial charge < -0.3 is 5.11 Å². The van der Waals surface area contributed by atoms with Crippen LogP contribution in [0.2, 0.25) is 0 Å². The quantitative estimate of drug-likeness (QED) is 0.441. The molecule has 0 fully saturated rings. The maximum Gasteiger partial charge on any atom is 0.158 e. The van der Waals surface area contributed by atoms with E-state index in [9.17, 15) is 4.79 Å². The third-order valence-corrected chi connectivity index (χ3v) is 4.43. The van der Waals surface area contributed by atoms with Crippen molar-refractivity contribution in [3.8, 4) is 0 Å². The molecule has 0 bridgehead atoms. The van der Waals surface area contributed by atoms with Crippen LogP contribution in [0.15, 0.2) is 0 Å². The van der Waals surface area contributed by atoms with Crippen LogP contribution in [0, 0.1) is 5.41 Å². The Morgan fingerprint density at radius 1 is 0.850 bits per heavy atom. The molecule has 0 aromatic heterocycles. The second kappa shape index (κ2) is 12.4. The van der Waals surface area contributed by atoms with Crippen LogP contribution in [0.5, 0.6) is 0 Å². The predicted octanol–water partition coefficient (Wildman–Crippen LogP) is 5.28. The monoisotopic (exact) mass is 284 g/mol. The number of aliphatic hydroxyl groups excluding tert-OH is 1. The maximum absolute atomic E-state index is 11.1. The van der Waals surface area contributed by atoms with E-state index in [1.54, 1.807) is 0 Å². The summed E-state index contributed by atoms with van der Waals surface area (Å²) < 4.78 is 0. The Labute approximate surface area is 126 Å². The Kier molecular flexibility index (Phi) is 12.1. The van der Waals surface area contributed by atoms with E-state index in [2.05, 4.69) is 20.8 Å². The Morgan fingerprint density at radius 2 is 1.40 bits per heavy atom. The topological polar surface area (TPSA) is 37.3 Å². The van der Waals surface area contributed by atoms with Gasteiger partial charge in [-0.15, -0.1) is 0 Å². The van der Waals surface area contributed by atoms with Crippen molar-refractivity contribution < 1.29 is 9.90 Å². The van der Waals surface area contributed by atoms with Crippen molar-refractivity contribution >= 4 is 5.78 Å². The fourth-order valence-corrected chi connectivity index (χ4v) is 2.91. The average molecular weight is 284 g/mol. The molecule has 0 aromatic rings. The summed E-state index contributed by atoms with van der Waals surface area (Å²) in [7, 11) is 0. The molecule has 2 heteroatoms. The summed E-state index contributed by atoms with van der Waals surface area (Å²) in [6, 6.07) is 0. The predicted molar refractivity (Wildman–Crippen MR) is 87.0 cm³/mol. The molecule has 0 amide bonds. The van der Waals surface area contributed by atoms with Crippen LogP contribution in [0.1, 0.15) is 97.8 Å². The van der Waals surface area contributed by atoms with Crippen molar-refractivity contribution in [1.29, 1.82) is 0 Å². The number of Topliss-reactive ketones (excluding diaryl/α,β-unsaturated/α-hetero) is 1. The molecule has 0 saturated heterocycles. The smallest absolute Gasteiger partial charge is 0.158 e. The van der Waals surface area contributed by atoms with Gasteiger partial charge in [0.2, 0.25) is 0 Å². The highest BCUT2D eigenvalue weighted by atomic mass is 16.3. The molecule has 0 heterocycles. The van der Waals surface area contributed by atoms with E-state index >= 15 is 0 Å². The molecule has 0 radical (unpaired) electrons. The van der Waals surface area contributed by atoms with Gasteiger partial charge in [-0.3, -0.25) is 4.79 Å². The molecule has 120 valence electrons. The largest absolute Gasteiger partial charge is 0.389 e. The molecular formula is C18H36O2. The zero-order valence-corrected chi connectivity index (χ0v) is 14.0. The van der Waals surface area contributed by atoms with Crippen LogP contribution in [0.3, 0.4) is 0 Å². The number of hydrogen-bond acceptors (Lipinski definition) is 2. The van der Waals surface area contributed by atoms with Crippen molar-refractivity contribution in [2.24, 2.45) is 5.41 Å². The molecule has 0 spiro atoms. The molecule has 1 atom stereocenters. The van der Waals surface area contributed by atoms with Crippen molar-refractivity contribution in [3.63, 3.8) is 0 Å². The lowest BCUT2D eigenvalue weighted by molar-refractivity contribution is -0.121. The lowest BCUT2D eigenvalue weighted by atomic mass is 9.76. The third kappa shape index (κ3) is 10.4. The molecule has 0 aromatic carbocycles. The molecule has 0 saturated carbocycles. The van der Waals surface area contributed by atoms with Crippen LogP contribution in [0.25, 0.3) is 0 Å². The molecule has 0 aliphatic rings. The highest BCUT2D eigenvalue weighted by molar-refractivity contribution is 5.79. The van der Waals surface area contributed by atoms with Gasteiger partial charge in [0.25, 0.3) is 0 Å². The number of unbranched alkanes of at least 4 members (excludes halogenated alkanes) is 5. The molecule has 1 unspecified atom stereocenters. The number of carbonyl (C=O) groups excluding carboxylic acids is 1. The van der Waals surface area contributed by atoms with Gasteiger partial charge in [-0.25, -0.2) is 0 Å². The van der Waals surface area contributed by atoms with E-state index < -0.39 is 0 Å². The summed E-state index contributed by atoms with van der Waals surface area (Å²) in [5.74, 6) is -0.0109. The van der Waals surface area contributed by atoms with Crippen molar-refractivity contribution in [2.45, 2.75) is 97.8 Å². The zero-order chi connectivity index (χ0) is 15.3. The van der Waals surface area contributed by atoms with Gasteiger partial charge >= 0.3 is 0 Å². The van der Waals surface area contributed by atoms with Gasteiger partial charge in [0.05, 0.1) is 0 Å². The van der Waals surface area contributed by atoms with E-state index in [1.165, 1.54) is 57.8 Å². The zero-order valence-electron chi connectivity index (χ0n) is 14.0. The normalized spacial score (nSPS) is 14.2. The highest BCUT2D eigenvalue weighted by Crippen LogP contribution is 2.36. The first kappa shape index (κ1) is 19.6. The fraction of sp³-hybridized carbons (Fsp3) is 0.944. The first-order chi connectivity index (χ1) is 9.58. The van der Waals surface area contributed by atoms with Crippen LogP contribution >= 0.6 is 0 Å². The van der Waals surface area contributed by atoms with Gasteiger partial charge in [0.15, 0.2) is 5.78 Å². The Morgan fingerprint density at radius 3 is 1.95 bits per heavy atom. The lowest BCUT2D eigenvalue weighted by Crippen LogP contribution is -2.17. The van der Waals surface area contributed by atoms with Crippen LogP contribution < -0.4 is 0 Å². The number of ketones is 1. The first-order valence-corrected chi connectivity index (χ1v) is 8.70. The summed E-state index contributed by atoms with van der Waals surface area (Å²) in [5.41, 5.74) is 0.464. The Hall–Kier alpha value is -0.370. The fourth-order valence-electron chi connectivity index (χ4n) is 2.91. The number of rotatable bonds is 14. The molecule has 2 nitrogen and oxygen atoms in total. The minimum atomic E-state index is -0.288. The summed E-state index contributed by atoms with van der Waals surface area (Å²) >= 11 is 0. The van der Waals surface area contributed by atoms with Gasteiger partial charge in [0, 0.05) is 6.42 Å². The minimum Gasteiger partial charge on any atom is -0.389 e. The second-order valence-corrected chi connectivity index (χ2v) is 6.63. The van der Waals surface area contributed by atoms with Gasteiger partial charge in [0.1, 0.15) is 6.61 Å². The van der Waals surface area contributed by atoms with Gasteiger partial charge in [-0.05, 0) is 31.1 Å². The Balaban J connectivity index is 4.00. The second-order valence-electron chi connectivity index (χ2n) is 6.63. The van der Waals surface area contributed by atoms with Gasteiger partial charge in [-0.2, -0.15) is 0 Å². The van der Waals surface area contributed by atoms with Crippen molar-refractivity contribution in [2.75, 3.05) is 6.61 Å². The van der Waals surface area contributed by atoms with Gasteiger partial charge in [-0.1, -0.05) is 65.7 Å². The Bertz CT molecular complexity index is 238. The number of aliphatic hydroxyl groups is 1. The van der Waals surface area contributed by atoms with Crippen LogP contribution in [0.4, 0.5) is 0 Å². The standard InChI is InChI=1S/C18H36O2/c1-4-6-8-10-14-18(3,13-7-5-2)15-11-9-12-17(20)16-19/h19H,4-16H2,1-3H3. The summed E-state index contributed by atoms with van der Waals surface area (Å²) in [5, 5.41) is 8.73. The lowest BCUT2D eigenvalue weighted by Gasteiger charge is -2.30. The first-order valence-electron chi connectivity index (χ1n) is 8.70. The van der Waals surface area contributed by atoms with Crippen molar-refractivity contribution in [3.05, 3.63) is 0 Å². The SMILES string of the molecule is CCCCCCC(C)(CCCC)CCCCC(=O)CO. The van der Waals surface area contributed by atoms with Crippen LogP contribution in [-0.2, 0) is 4.79 Å². The summed E-state index contributed by atoms with van der Waals surface area (Å²) in [4.78, 5) is 11.1. The van der Waals surface area contributed by atoms with E-state index in [0.29, 0.717) is 11.8 Å². The molecule has 0 aliphatic carbocycles. The maximum atomic E-state index is 11.1.